The molecule has 1 aliphatic rings. The maximum absolute atomic E-state index is 12.2. The molecule has 0 bridgehead atoms. The Morgan fingerprint density at radius 3 is 2.77 bits per heavy atom. The number of anilines is 1. The van der Waals surface area contributed by atoms with Crippen molar-refractivity contribution in [1.29, 1.82) is 5.26 Å². The molecule has 0 aliphatic carbocycles. The summed E-state index contributed by atoms with van der Waals surface area (Å²) in [6.07, 6.45) is 1.50. The number of likely N-dealkylation sites (N-methyl/N-ethyl adjacent to an activating group) is 1. The molecule has 1 fully saturated rings. The SMILES string of the molecule is CCN1CCN(c2nc(-c3ccco3)c(C#N)c(=O)[nH]2)CC1. The highest BCUT2D eigenvalue weighted by atomic mass is 16.3. The van der Waals surface area contributed by atoms with Gasteiger partial charge in [-0.05, 0) is 18.7 Å². The molecule has 0 aromatic carbocycles. The molecule has 7 heteroatoms. The molecule has 0 spiro atoms. The molecule has 1 aliphatic heterocycles. The number of hydrogen-bond acceptors (Lipinski definition) is 6. The third-order valence-electron chi connectivity index (χ3n) is 3.89. The van der Waals surface area contributed by atoms with E-state index in [1.165, 1.54) is 6.26 Å². The molecule has 0 saturated carbocycles. The Hall–Kier alpha value is -2.59. The summed E-state index contributed by atoms with van der Waals surface area (Å²) >= 11 is 0. The summed E-state index contributed by atoms with van der Waals surface area (Å²) in [6, 6.07) is 5.31. The van der Waals surface area contributed by atoms with Crippen molar-refractivity contribution in [2.75, 3.05) is 37.6 Å². The van der Waals surface area contributed by atoms with Gasteiger partial charge in [0.25, 0.3) is 5.56 Å². The van der Waals surface area contributed by atoms with Crippen LogP contribution in [-0.2, 0) is 0 Å². The number of nitrogens with one attached hydrogen (secondary N) is 1. The lowest BCUT2D eigenvalue weighted by atomic mass is 10.2. The van der Waals surface area contributed by atoms with Crippen LogP contribution in [0.25, 0.3) is 11.5 Å². The number of piperazine rings is 1. The minimum absolute atomic E-state index is 0.0223. The van der Waals surface area contributed by atoms with Crippen molar-refractivity contribution in [3.63, 3.8) is 0 Å². The van der Waals surface area contributed by atoms with Crippen molar-refractivity contribution in [2.45, 2.75) is 6.92 Å². The molecule has 0 radical (unpaired) electrons. The van der Waals surface area contributed by atoms with Gasteiger partial charge in [-0.1, -0.05) is 6.92 Å². The van der Waals surface area contributed by atoms with Crippen LogP contribution in [0.3, 0.4) is 0 Å². The highest BCUT2D eigenvalue weighted by Gasteiger charge is 2.21. The second-order valence-corrected chi connectivity index (χ2v) is 5.12. The number of nitrogens with zero attached hydrogens (tertiary/aromatic N) is 4. The number of nitriles is 1. The molecule has 114 valence electrons. The highest BCUT2D eigenvalue weighted by molar-refractivity contribution is 5.62. The van der Waals surface area contributed by atoms with E-state index in [1.54, 1.807) is 12.1 Å². The standard InChI is InChI=1S/C15H17N5O2/c1-2-19-5-7-20(8-6-19)15-17-13(12-4-3-9-22-12)11(10-16)14(21)18-15/h3-4,9H,2,5-8H2,1H3,(H,17,18,21). The fourth-order valence-corrected chi connectivity index (χ4v) is 2.58. The highest BCUT2D eigenvalue weighted by Crippen LogP contribution is 2.21. The van der Waals surface area contributed by atoms with E-state index in [9.17, 15) is 10.1 Å². The van der Waals surface area contributed by atoms with Crippen molar-refractivity contribution >= 4 is 5.95 Å². The fraction of sp³-hybridized carbons (Fsp3) is 0.400. The van der Waals surface area contributed by atoms with E-state index < -0.39 is 5.56 Å². The Morgan fingerprint density at radius 2 is 2.18 bits per heavy atom. The normalized spacial score (nSPS) is 15.7. The fourth-order valence-electron chi connectivity index (χ4n) is 2.58. The predicted octanol–water partition coefficient (Wildman–Crippen LogP) is 1.04. The van der Waals surface area contributed by atoms with Gasteiger partial charge in [-0.2, -0.15) is 5.26 Å². The van der Waals surface area contributed by atoms with Gasteiger partial charge in [0.05, 0.1) is 6.26 Å². The van der Waals surface area contributed by atoms with E-state index in [0.717, 1.165) is 32.7 Å². The number of furan rings is 1. The number of hydrogen-bond donors (Lipinski definition) is 1. The molecule has 1 saturated heterocycles. The van der Waals surface area contributed by atoms with E-state index >= 15 is 0 Å². The Kier molecular flexibility index (Phi) is 3.94. The summed E-state index contributed by atoms with van der Waals surface area (Å²) in [5.41, 5.74) is -0.160. The molecule has 3 rings (SSSR count). The van der Waals surface area contributed by atoms with Crippen LogP contribution in [0.4, 0.5) is 5.95 Å². The lowest BCUT2D eigenvalue weighted by Crippen LogP contribution is -2.47. The van der Waals surface area contributed by atoms with Gasteiger partial charge in [0, 0.05) is 26.2 Å². The van der Waals surface area contributed by atoms with Crippen molar-refractivity contribution in [1.82, 2.24) is 14.9 Å². The van der Waals surface area contributed by atoms with Gasteiger partial charge < -0.3 is 14.2 Å². The quantitative estimate of drug-likeness (QED) is 0.911. The molecule has 1 N–H and O–H groups in total. The Balaban J connectivity index is 1.97. The zero-order valence-electron chi connectivity index (χ0n) is 12.4. The number of aromatic nitrogens is 2. The molecule has 3 heterocycles. The molecular formula is C15H17N5O2. The number of aromatic amines is 1. The van der Waals surface area contributed by atoms with E-state index in [1.807, 2.05) is 11.0 Å². The molecule has 2 aromatic heterocycles. The average Bonchev–Trinajstić information content (AvgIpc) is 3.08. The first kappa shape index (κ1) is 14.4. The topological polar surface area (TPSA) is 89.2 Å². The molecule has 2 aromatic rings. The van der Waals surface area contributed by atoms with Crippen LogP contribution in [-0.4, -0.2) is 47.6 Å². The molecule has 0 unspecified atom stereocenters. The summed E-state index contributed by atoms with van der Waals surface area (Å²) in [6.45, 7) is 6.59. The van der Waals surface area contributed by atoms with Crippen molar-refractivity contribution in [3.8, 4) is 17.5 Å². The minimum atomic E-state index is -0.433. The lowest BCUT2D eigenvalue weighted by Gasteiger charge is -2.34. The van der Waals surface area contributed by atoms with Crippen molar-refractivity contribution < 1.29 is 4.42 Å². The van der Waals surface area contributed by atoms with Crippen LogP contribution in [0.15, 0.2) is 27.6 Å². The summed E-state index contributed by atoms with van der Waals surface area (Å²) in [5, 5.41) is 9.19. The number of H-pyrrole nitrogens is 1. The first-order chi connectivity index (χ1) is 10.7. The second kappa shape index (κ2) is 6.03. The first-order valence-corrected chi connectivity index (χ1v) is 7.28. The van der Waals surface area contributed by atoms with E-state index in [0.29, 0.717) is 17.4 Å². The Morgan fingerprint density at radius 1 is 1.41 bits per heavy atom. The van der Waals surface area contributed by atoms with Crippen LogP contribution in [0.1, 0.15) is 12.5 Å². The Bertz CT molecular complexity index is 736. The lowest BCUT2D eigenvalue weighted by molar-refractivity contribution is 0.270. The van der Waals surface area contributed by atoms with Crippen LogP contribution >= 0.6 is 0 Å². The van der Waals surface area contributed by atoms with Crippen LogP contribution in [0.5, 0.6) is 0 Å². The van der Waals surface area contributed by atoms with Gasteiger partial charge in [0.1, 0.15) is 17.3 Å². The summed E-state index contributed by atoms with van der Waals surface area (Å²) in [7, 11) is 0. The molecular weight excluding hydrogens is 282 g/mol. The van der Waals surface area contributed by atoms with E-state index in [2.05, 4.69) is 21.8 Å². The largest absolute Gasteiger partial charge is 0.463 e. The summed E-state index contributed by atoms with van der Waals surface area (Å²) in [4.78, 5) is 23.7. The van der Waals surface area contributed by atoms with Gasteiger partial charge in [-0.15, -0.1) is 0 Å². The molecule has 22 heavy (non-hydrogen) atoms. The van der Waals surface area contributed by atoms with Gasteiger partial charge in [0.2, 0.25) is 5.95 Å². The first-order valence-electron chi connectivity index (χ1n) is 7.28. The smallest absolute Gasteiger partial charge is 0.271 e. The van der Waals surface area contributed by atoms with Crippen molar-refractivity contribution in [3.05, 3.63) is 34.3 Å². The van der Waals surface area contributed by atoms with E-state index in [4.69, 9.17) is 4.42 Å². The predicted molar refractivity (Wildman–Crippen MR) is 81.6 cm³/mol. The maximum atomic E-state index is 12.2. The zero-order chi connectivity index (χ0) is 15.5. The summed E-state index contributed by atoms with van der Waals surface area (Å²) in [5.74, 6) is 0.919. The summed E-state index contributed by atoms with van der Waals surface area (Å²) < 4.78 is 5.30. The maximum Gasteiger partial charge on any atom is 0.271 e. The minimum Gasteiger partial charge on any atom is -0.463 e. The van der Waals surface area contributed by atoms with Crippen LogP contribution in [0.2, 0.25) is 0 Å². The molecule has 7 nitrogen and oxygen atoms in total. The molecule has 0 amide bonds. The van der Waals surface area contributed by atoms with Gasteiger partial charge in [-0.25, -0.2) is 4.98 Å². The molecule has 0 atom stereocenters. The van der Waals surface area contributed by atoms with Gasteiger partial charge in [-0.3, -0.25) is 9.78 Å². The Labute approximate surface area is 127 Å². The monoisotopic (exact) mass is 299 g/mol. The second-order valence-electron chi connectivity index (χ2n) is 5.12. The third-order valence-corrected chi connectivity index (χ3v) is 3.89. The number of rotatable bonds is 3. The van der Waals surface area contributed by atoms with Gasteiger partial charge in [0.15, 0.2) is 5.76 Å². The van der Waals surface area contributed by atoms with Crippen molar-refractivity contribution in [2.24, 2.45) is 0 Å². The third kappa shape index (κ3) is 2.61. The van der Waals surface area contributed by atoms with Gasteiger partial charge >= 0.3 is 0 Å². The van der Waals surface area contributed by atoms with Crippen LogP contribution < -0.4 is 10.5 Å². The van der Waals surface area contributed by atoms with Crippen LogP contribution in [0, 0.1) is 11.3 Å². The van der Waals surface area contributed by atoms with E-state index in [-0.39, 0.29) is 5.56 Å². The zero-order valence-corrected chi connectivity index (χ0v) is 12.4. The average molecular weight is 299 g/mol.